The quantitative estimate of drug-likeness (QED) is 0.566. The van der Waals surface area contributed by atoms with Gasteiger partial charge in [0.05, 0.1) is 4.90 Å². The summed E-state index contributed by atoms with van der Waals surface area (Å²) in [5.41, 5.74) is 2.41. The molecule has 0 atom stereocenters. The number of rotatable bonds is 4. The number of aryl methyl sites for hydroxylation is 2. The van der Waals surface area contributed by atoms with Gasteiger partial charge in [0.1, 0.15) is 0 Å². The van der Waals surface area contributed by atoms with Crippen LogP contribution in [0.15, 0.2) is 77.7 Å². The Bertz CT molecular complexity index is 950. The van der Waals surface area contributed by atoms with E-state index >= 15 is 0 Å². The van der Waals surface area contributed by atoms with Crippen LogP contribution in [0.5, 0.6) is 0 Å². The van der Waals surface area contributed by atoms with E-state index in [0.29, 0.717) is 0 Å². The van der Waals surface area contributed by atoms with Crippen molar-refractivity contribution in [2.75, 3.05) is 0 Å². The van der Waals surface area contributed by atoms with E-state index in [0.717, 1.165) is 5.30 Å². The molecule has 25 heavy (non-hydrogen) atoms. The lowest BCUT2D eigenvalue weighted by atomic mass is 10.2. The topological polar surface area (TPSA) is 54.4 Å². The Hall–Kier alpha value is -2.00. The van der Waals surface area contributed by atoms with Crippen molar-refractivity contribution in [3.8, 4) is 0 Å². The van der Waals surface area contributed by atoms with E-state index in [1.807, 2.05) is 24.3 Å². The Kier molecular flexibility index (Phi) is 5.05. The Balaban J connectivity index is 2.19. The molecule has 3 aromatic rings. The molecule has 3 aromatic carbocycles. The predicted molar refractivity (Wildman–Crippen MR) is 104 cm³/mol. The maximum atomic E-state index is 11.3. The van der Waals surface area contributed by atoms with Crippen LogP contribution in [0.1, 0.15) is 11.1 Å². The summed E-state index contributed by atoms with van der Waals surface area (Å²) in [7, 11) is -5.00. The zero-order chi connectivity index (χ0) is 18.0. The first-order valence-corrected chi connectivity index (χ1v) is 10.6. The molecule has 0 radical (unpaired) electrons. The van der Waals surface area contributed by atoms with Crippen molar-refractivity contribution >= 4 is 34.0 Å². The summed E-state index contributed by atoms with van der Waals surface area (Å²) in [6, 6.07) is 23.1. The van der Waals surface area contributed by atoms with Gasteiger partial charge < -0.3 is 0 Å². The van der Waals surface area contributed by atoms with Gasteiger partial charge in [-0.3, -0.25) is 4.55 Å². The minimum atomic E-state index is -4.18. The van der Waals surface area contributed by atoms with E-state index in [1.165, 1.54) is 33.9 Å². The molecule has 0 heterocycles. The van der Waals surface area contributed by atoms with Crippen LogP contribution in [-0.2, 0) is 10.1 Å². The van der Waals surface area contributed by atoms with Crippen molar-refractivity contribution in [2.24, 2.45) is 0 Å². The normalized spacial score (nSPS) is 11.7. The number of benzene rings is 3. The molecule has 0 saturated carbocycles. The maximum absolute atomic E-state index is 11.3. The lowest BCUT2D eigenvalue weighted by Crippen LogP contribution is -2.24. The van der Waals surface area contributed by atoms with Gasteiger partial charge in [-0.25, -0.2) is 0 Å². The third-order valence-corrected chi connectivity index (χ3v) is 7.76. The second kappa shape index (κ2) is 7.09. The highest BCUT2D eigenvalue weighted by atomic mass is 32.2. The Labute approximate surface area is 149 Å². The molecule has 3 nitrogen and oxygen atoms in total. The third-order valence-electron chi connectivity index (χ3n) is 4.11. The lowest BCUT2D eigenvalue weighted by molar-refractivity contribution is 0.483. The summed E-state index contributed by atoms with van der Waals surface area (Å²) in [6.45, 7) is 4.19. The Morgan fingerprint density at radius 2 is 1.16 bits per heavy atom. The molecule has 0 amide bonds. The van der Waals surface area contributed by atoms with Crippen molar-refractivity contribution in [1.82, 2.24) is 0 Å². The van der Waals surface area contributed by atoms with E-state index in [-0.39, 0.29) is 4.90 Å². The van der Waals surface area contributed by atoms with Crippen LogP contribution in [0, 0.1) is 13.8 Å². The largest absolute Gasteiger partial charge is 0.294 e. The zero-order valence-electron chi connectivity index (χ0n) is 14.0. The minimum absolute atomic E-state index is 0.0826. The van der Waals surface area contributed by atoms with E-state index in [9.17, 15) is 13.0 Å². The van der Waals surface area contributed by atoms with Gasteiger partial charge in [0.2, 0.25) is 0 Å². The average Bonchev–Trinajstić information content (AvgIpc) is 2.58. The van der Waals surface area contributed by atoms with Crippen molar-refractivity contribution in [3.05, 3.63) is 83.9 Å². The SMILES string of the molecule is Cc1ccccc1P(c1ccc(S(=O)(=O)O)cc1)c1ccccc1C. The second-order valence-electron chi connectivity index (χ2n) is 5.88. The molecule has 0 spiro atoms. The second-order valence-corrected chi connectivity index (χ2v) is 9.45. The molecule has 0 bridgehead atoms. The first-order chi connectivity index (χ1) is 11.9. The summed E-state index contributed by atoms with van der Waals surface area (Å²) in [5, 5.41) is 3.53. The fraction of sp³-hybridized carbons (Fsp3) is 0.100. The predicted octanol–water partition coefficient (Wildman–Crippen LogP) is 3.31. The molecule has 0 aliphatic carbocycles. The fourth-order valence-corrected chi connectivity index (χ4v) is 5.87. The molecule has 0 aliphatic rings. The van der Waals surface area contributed by atoms with Gasteiger partial charge in [-0.15, -0.1) is 0 Å². The van der Waals surface area contributed by atoms with E-state index in [4.69, 9.17) is 0 Å². The van der Waals surface area contributed by atoms with Crippen LogP contribution < -0.4 is 15.9 Å². The molecule has 5 heteroatoms. The molecule has 0 fully saturated rings. The minimum Gasteiger partial charge on any atom is -0.282 e. The number of hydrogen-bond donors (Lipinski definition) is 1. The van der Waals surface area contributed by atoms with Crippen LogP contribution in [-0.4, -0.2) is 13.0 Å². The van der Waals surface area contributed by atoms with Crippen LogP contribution in [0.2, 0.25) is 0 Å². The van der Waals surface area contributed by atoms with E-state index < -0.39 is 18.0 Å². The Morgan fingerprint density at radius 3 is 1.56 bits per heavy atom. The summed E-state index contributed by atoms with van der Waals surface area (Å²) >= 11 is 0. The van der Waals surface area contributed by atoms with Crippen molar-refractivity contribution in [1.29, 1.82) is 0 Å². The van der Waals surface area contributed by atoms with Crippen LogP contribution >= 0.6 is 7.92 Å². The molecule has 3 rings (SSSR count). The van der Waals surface area contributed by atoms with Crippen LogP contribution in [0.4, 0.5) is 0 Å². The fourth-order valence-electron chi connectivity index (χ4n) is 2.80. The standard InChI is InChI=1S/C20H19O3PS/c1-15-7-3-5-9-19(15)24(20-10-6-4-8-16(20)2)17-11-13-18(14-12-17)25(21,22)23/h3-14H,1-2H3,(H,21,22,23). The first-order valence-electron chi connectivity index (χ1n) is 7.87. The van der Waals surface area contributed by atoms with E-state index in [2.05, 4.69) is 38.1 Å². The Morgan fingerprint density at radius 1 is 0.720 bits per heavy atom. The molecule has 0 aromatic heterocycles. The van der Waals surface area contributed by atoms with Gasteiger partial charge in [0.15, 0.2) is 0 Å². The van der Waals surface area contributed by atoms with Crippen molar-refractivity contribution < 1.29 is 13.0 Å². The zero-order valence-corrected chi connectivity index (χ0v) is 15.8. The summed E-state index contributed by atoms with van der Waals surface area (Å²) < 4.78 is 31.9. The van der Waals surface area contributed by atoms with Gasteiger partial charge in [-0.05, 0) is 60.9 Å². The third kappa shape index (κ3) is 3.82. The van der Waals surface area contributed by atoms with Crippen LogP contribution in [0.25, 0.3) is 0 Å². The molecular weight excluding hydrogens is 351 g/mol. The summed E-state index contributed by atoms with van der Waals surface area (Å²) in [4.78, 5) is -0.0826. The summed E-state index contributed by atoms with van der Waals surface area (Å²) in [5.74, 6) is 0. The maximum Gasteiger partial charge on any atom is 0.294 e. The van der Waals surface area contributed by atoms with Crippen molar-refractivity contribution in [2.45, 2.75) is 18.7 Å². The van der Waals surface area contributed by atoms with Gasteiger partial charge >= 0.3 is 0 Å². The average molecular weight is 370 g/mol. The first kappa shape index (κ1) is 17.8. The smallest absolute Gasteiger partial charge is 0.282 e. The molecular formula is C20H19O3PS. The molecule has 1 N–H and O–H groups in total. The highest BCUT2D eigenvalue weighted by Gasteiger charge is 2.20. The van der Waals surface area contributed by atoms with Gasteiger partial charge in [-0.2, -0.15) is 8.42 Å². The lowest BCUT2D eigenvalue weighted by Gasteiger charge is -2.23. The highest BCUT2D eigenvalue weighted by molar-refractivity contribution is 7.85. The summed E-state index contributed by atoms with van der Waals surface area (Å²) in [6.07, 6.45) is 0. The van der Waals surface area contributed by atoms with Gasteiger partial charge in [-0.1, -0.05) is 60.7 Å². The van der Waals surface area contributed by atoms with Gasteiger partial charge in [0, 0.05) is 0 Å². The molecule has 0 aliphatic heterocycles. The van der Waals surface area contributed by atoms with Crippen molar-refractivity contribution in [3.63, 3.8) is 0 Å². The monoisotopic (exact) mass is 370 g/mol. The van der Waals surface area contributed by atoms with Crippen LogP contribution in [0.3, 0.4) is 0 Å². The molecule has 0 unspecified atom stereocenters. The number of hydrogen-bond acceptors (Lipinski definition) is 2. The highest BCUT2D eigenvalue weighted by Crippen LogP contribution is 2.35. The van der Waals surface area contributed by atoms with E-state index in [1.54, 1.807) is 12.1 Å². The van der Waals surface area contributed by atoms with Gasteiger partial charge in [0.25, 0.3) is 10.1 Å². The molecule has 0 saturated heterocycles. The molecule has 128 valence electrons.